The summed E-state index contributed by atoms with van der Waals surface area (Å²) in [7, 11) is 0. The minimum absolute atomic E-state index is 0.0479. The molecule has 0 aliphatic carbocycles. The van der Waals surface area contributed by atoms with Gasteiger partial charge in [0.25, 0.3) is 0 Å². The Hall–Kier alpha value is -1.94. The molecule has 1 atom stereocenters. The first-order chi connectivity index (χ1) is 9.16. The Morgan fingerprint density at radius 1 is 1.05 bits per heavy atom. The lowest BCUT2D eigenvalue weighted by atomic mass is 10.1. The molecule has 0 spiro atoms. The van der Waals surface area contributed by atoms with Gasteiger partial charge in [-0.25, -0.2) is 4.79 Å². The Labute approximate surface area is 118 Å². The van der Waals surface area contributed by atoms with Crippen molar-refractivity contribution in [3.63, 3.8) is 0 Å². The van der Waals surface area contributed by atoms with E-state index in [0.717, 1.165) is 10.5 Å². The van der Waals surface area contributed by atoms with Crippen LogP contribution >= 0.6 is 12.6 Å². The molecule has 4 heteroatoms. The van der Waals surface area contributed by atoms with E-state index in [9.17, 15) is 4.79 Å². The summed E-state index contributed by atoms with van der Waals surface area (Å²) in [6.45, 7) is 1.95. The normalized spacial score (nSPS) is 11.7. The maximum atomic E-state index is 11.9. The predicted octanol–water partition coefficient (Wildman–Crippen LogP) is 3.86. The number of carbonyl (C=O) groups is 1. The minimum Gasteiger partial charge on any atom is -0.331 e. The Balaban J connectivity index is 1.97. The van der Waals surface area contributed by atoms with Gasteiger partial charge < -0.3 is 10.6 Å². The fourth-order valence-electron chi connectivity index (χ4n) is 1.76. The van der Waals surface area contributed by atoms with Gasteiger partial charge in [-0.15, -0.1) is 12.6 Å². The van der Waals surface area contributed by atoms with E-state index in [2.05, 4.69) is 23.3 Å². The zero-order valence-electron chi connectivity index (χ0n) is 10.6. The van der Waals surface area contributed by atoms with Crippen LogP contribution in [0.25, 0.3) is 0 Å². The number of urea groups is 1. The van der Waals surface area contributed by atoms with Gasteiger partial charge in [0.15, 0.2) is 0 Å². The molecule has 2 aromatic carbocycles. The molecule has 2 aromatic rings. The highest BCUT2D eigenvalue weighted by Crippen LogP contribution is 2.18. The summed E-state index contributed by atoms with van der Waals surface area (Å²) in [6, 6.07) is 16.9. The summed E-state index contributed by atoms with van der Waals surface area (Å²) < 4.78 is 0. The summed E-state index contributed by atoms with van der Waals surface area (Å²) in [5.74, 6) is 0. The Bertz CT molecular complexity index is 557. The van der Waals surface area contributed by atoms with Gasteiger partial charge >= 0.3 is 6.03 Å². The first-order valence-corrected chi connectivity index (χ1v) is 6.52. The number of amides is 2. The van der Waals surface area contributed by atoms with E-state index < -0.39 is 0 Å². The van der Waals surface area contributed by atoms with E-state index in [1.54, 1.807) is 0 Å². The van der Waals surface area contributed by atoms with Crippen molar-refractivity contribution >= 4 is 24.3 Å². The summed E-state index contributed by atoms with van der Waals surface area (Å²) in [5, 5.41) is 5.67. The van der Waals surface area contributed by atoms with E-state index in [-0.39, 0.29) is 12.1 Å². The van der Waals surface area contributed by atoms with Crippen LogP contribution in [0.3, 0.4) is 0 Å². The van der Waals surface area contributed by atoms with Gasteiger partial charge in [-0.05, 0) is 24.6 Å². The second kappa shape index (κ2) is 6.29. The fraction of sp³-hybridized carbons (Fsp3) is 0.133. The lowest BCUT2D eigenvalue weighted by Gasteiger charge is -2.15. The van der Waals surface area contributed by atoms with E-state index in [4.69, 9.17) is 0 Å². The molecule has 0 saturated heterocycles. The zero-order chi connectivity index (χ0) is 13.7. The zero-order valence-corrected chi connectivity index (χ0v) is 11.5. The molecule has 0 radical (unpaired) electrons. The predicted molar refractivity (Wildman–Crippen MR) is 80.7 cm³/mol. The summed E-state index contributed by atoms with van der Waals surface area (Å²) in [6.07, 6.45) is 0. The Morgan fingerprint density at radius 3 is 2.37 bits per heavy atom. The molecule has 0 fully saturated rings. The Morgan fingerprint density at radius 2 is 1.68 bits per heavy atom. The molecule has 0 saturated carbocycles. The number of nitrogens with one attached hydrogen (secondary N) is 2. The van der Waals surface area contributed by atoms with Crippen molar-refractivity contribution < 1.29 is 4.79 Å². The van der Waals surface area contributed by atoms with Crippen molar-refractivity contribution in [3.05, 3.63) is 60.2 Å². The smallest absolute Gasteiger partial charge is 0.319 e. The molecule has 0 aliphatic rings. The standard InChI is InChI=1S/C15H16N2OS/c1-11(12-7-3-2-4-8-12)16-15(18)17-13-9-5-6-10-14(13)19/h2-11,19H,1H3,(H2,16,17,18). The van der Waals surface area contributed by atoms with Crippen molar-refractivity contribution in [1.82, 2.24) is 5.32 Å². The van der Waals surface area contributed by atoms with Crippen LogP contribution < -0.4 is 10.6 Å². The summed E-state index contributed by atoms with van der Waals surface area (Å²) in [4.78, 5) is 12.6. The van der Waals surface area contributed by atoms with Crippen LogP contribution in [0.4, 0.5) is 10.5 Å². The van der Waals surface area contributed by atoms with Crippen molar-refractivity contribution in [3.8, 4) is 0 Å². The summed E-state index contributed by atoms with van der Waals surface area (Å²) in [5.41, 5.74) is 1.76. The minimum atomic E-state index is -0.238. The van der Waals surface area contributed by atoms with E-state index in [1.165, 1.54) is 0 Å². The summed E-state index contributed by atoms with van der Waals surface area (Å²) >= 11 is 4.29. The topological polar surface area (TPSA) is 41.1 Å². The van der Waals surface area contributed by atoms with Crippen molar-refractivity contribution in [2.45, 2.75) is 17.9 Å². The number of para-hydroxylation sites is 1. The quantitative estimate of drug-likeness (QED) is 0.730. The monoisotopic (exact) mass is 272 g/mol. The van der Waals surface area contributed by atoms with Gasteiger partial charge in [0.2, 0.25) is 0 Å². The van der Waals surface area contributed by atoms with Gasteiger partial charge in [-0.3, -0.25) is 0 Å². The third-order valence-corrected chi connectivity index (χ3v) is 3.19. The van der Waals surface area contributed by atoms with Gasteiger partial charge in [0, 0.05) is 4.90 Å². The van der Waals surface area contributed by atoms with E-state index in [0.29, 0.717) is 5.69 Å². The van der Waals surface area contributed by atoms with Gasteiger partial charge in [-0.2, -0.15) is 0 Å². The first-order valence-electron chi connectivity index (χ1n) is 6.07. The SMILES string of the molecule is CC(NC(=O)Nc1ccccc1S)c1ccccc1. The fourth-order valence-corrected chi connectivity index (χ4v) is 1.98. The highest BCUT2D eigenvalue weighted by molar-refractivity contribution is 7.80. The number of hydrogen-bond acceptors (Lipinski definition) is 2. The number of anilines is 1. The lowest BCUT2D eigenvalue weighted by Crippen LogP contribution is -2.31. The molecule has 0 aromatic heterocycles. The second-order valence-corrected chi connectivity index (χ2v) is 4.73. The van der Waals surface area contributed by atoms with Crippen LogP contribution in [-0.4, -0.2) is 6.03 Å². The van der Waals surface area contributed by atoms with Crippen LogP contribution in [0, 0.1) is 0 Å². The molecule has 0 bridgehead atoms. The number of hydrogen-bond donors (Lipinski definition) is 3. The third-order valence-electron chi connectivity index (χ3n) is 2.80. The molecule has 0 heterocycles. The maximum Gasteiger partial charge on any atom is 0.319 e. The van der Waals surface area contributed by atoms with E-state index >= 15 is 0 Å². The molecule has 19 heavy (non-hydrogen) atoms. The Kier molecular flexibility index (Phi) is 4.47. The average molecular weight is 272 g/mol. The van der Waals surface area contributed by atoms with Crippen LogP contribution in [0.2, 0.25) is 0 Å². The molecule has 2 rings (SSSR count). The van der Waals surface area contributed by atoms with Gasteiger partial charge in [-0.1, -0.05) is 42.5 Å². The molecule has 3 nitrogen and oxygen atoms in total. The molecular formula is C15H16N2OS. The number of rotatable bonds is 3. The molecule has 98 valence electrons. The average Bonchev–Trinajstić information content (AvgIpc) is 2.42. The van der Waals surface area contributed by atoms with Gasteiger partial charge in [0.1, 0.15) is 0 Å². The van der Waals surface area contributed by atoms with Crippen LogP contribution in [0.15, 0.2) is 59.5 Å². The lowest BCUT2D eigenvalue weighted by molar-refractivity contribution is 0.249. The van der Waals surface area contributed by atoms with Crippen LogP contribution in [-0.2, 0) is 0 Å². The van der Waals surface area contributed by atoms with Crippen molar-refractivity contribution in [1.29, 1.82) is 0 Å². The van der Waals surface area contributed by atoms with Crippen LogP contribution in [0.1, 0.15) is 18.5 Å². The molecule has 2 N–H and O–H groups in total. The highest BCUT2D eigenvalue weighted by Gasteiger charge is 2.09. The number of carbonyl (C=O) groups excluding carboxylic acids is 1. The van der Waals surface area contributed by atoms with E-state index in [1.807, 2.05) is 61.5 Å². The molecule has 2 amide bonds. The number of thiol groups is 1. The first kappa shape index (κ1) is 13.5. The van der Waals surface area contributed by atoms with Crippen molar-refractivity contribution in [2.75, 3.05) is 5.32 Å². The van der Waals surface area contributed by atoms with Crippen molar-refractivity contribution in [2.24, 2.45) is 0 Å². The highest BCUT2D eigenvalue weighted by atomic mass is 32.1. The second-order valence-electron chi connectivity index (χ2n) is 4.25. The maximum absolute atomic E-state index is 11.9. The van der Waals surface area contributed by atoms with Crippen LogP contribution in [0.5, 0.6) is 0 Å². The van der Waals surface area contributed by atoms with Gasteiger partial charge in [0.05, 0.1) is 11.7 Å². The number of benzene rings is 2. The molecular weight excluding hydrogens is 256 g/mol. The third kappa shape index (κ3) is 3.76. The molecule has 0 aliphatic heterocycles. The largest absolute Gasteiger partial charge is 0.331 e. The molecule has 1 unspecified atom stereocenters.